The average Bonchev–Trinajstić information content (AvgIpc) is 3.10. The Kier molecular flexibility index (Phi) is 16.1. The third-order valence-electron chi connectivity index (χ3n) is 11.1. The molecular weight excluding hydrogens is 801 g/mol. The number of hydrogen-bond donors (Lipinski definition) is 0. The number of rotatable bonds is 24. The minimum absolute atomic E-state index is 0.472. The van der Waals surface area contributed by atoms with Gasteiger partial charge in [0.2, 0.25) is 0 Å². The molecule has 6 aliphatic heterocycles. The van der Waals surface area contributed by atoms with Crippen LogP contribution in [0.15, 0.2) is 0 Å². The first-order chi connectivity index (χ1) is 25.0. The van der Waals surface area contributed by atoms with Crippen molar-refractivity contribution in [3.05, 3.63) is 0 Å². The van der Waals surface area contributed by atoms with E-state index in [1.54, 1.807) is 0 Å². The van der Waals surface area contributed by atoms with Crippen LogP contribution in [0.2, 0.25) is 48.4 Å². The quantitative estimate of drug-likeness (QED) is 0.0680. The van der Waals surface area contributed by atoms with Gasteiger partial charge < -0.3 is 49.4 Å². The molecule has 12 nitrogen and oxygen atoms in total. The maximum atomic E-state index is 7.38. The highest BCUT2D eigenvalue weighted by atomic mass is 28.6. The van der Waals surface area contributed by atoms with Crippen LogP contribution in [-0.2, 0) is 49.4 Å². The van der Waals surface area contributed by atoms with Crippen LogP contribution in [0.3, 0.4) is 0 Å². The summed E-state index contributed by atoms with van der Waals surface area (Å²) in [7, 11) is -28.8. The lowest BCUT2D eigenvalue weighted by atomic mass is 10.0. The summed E-state index contributed by atoms with van der Waals surface area (Å²) in [6, 6.07) is 3.93. The zero-order valence-corrected chi connectivity index (χ0v) is 41.9. The van der Waals surface area contributed by atoms with Crippen molar-refractivity contribution >= 4 is 70.4 Å². The summed E-state index contributed by atoms with van der Waals surface area (Å²) >= 11 is 0. The molecule has 6 aliphatic rings. The molecule has 6 rings (SSSR count). The van der Waals surface area contributed by atoms with E-state index in [1.807, 2.05) is 48.5 Å². The van der Waals surface area contributed by atoms with E-state index in [4.69, 9.17) is 49.4 Å². The van der Waals surface area contributed by atoms with Gasteiger partial charge in [-0.2, -0.15) is 0 Å². The first-order valence-corrected chi connectivity index (χ1v) is 36.8. The molecule has 0 N–H and O–H groups in total. The molecule has 0 unspecified atom stereocenters. The smallest absolute Gasteiger partial charge is 0.373 e. The number of unbranched alkanes of at least 4 members (excludes halogenated alkanes) is 15. The standard InChI is InChI=1S/C32H72O12Si8/c1-9-17-18-19-20-21-22-23-24-25-26-27-28-29-30-31-32-52-42-49(14-6)36-46(11-3)33-45(10-2)34-47(12-4,38-49)40-51(16-8,44-52)41-48(13-5,35-45)39-50(15-7,37-46)43-52/h9-32H2,1-8H3. The lowest BCUT2D eigenvalue weighted by Gasteiger charge is -2.63. The minimum Gasteiger partial charge on any atom is -0.373 e. The molecule has 0 atom stereocenters. The maximum Gasteiger partial charge on any atom is 0.478 e. The van der Waals surface area contributed by atoms with Crippen LogP contribution in [0, 0.1) is 0 Å². The minimum atomic E-state index is -3.66. The summed E-state index contributed by atoms with van der Waals surface area (Å²) in [6.45, 7) is 16.5. The summed E-state index contributed by atoms with van der Waals surface area (Å²) in [5.41, 5.74) is 0. The Morgan fingerprint density at radius 2 is 0.385 bits per heavy atom. The van der Waals surface area contributed by atoms with E-state index in [-0.39, 0.29) is 0 Å². The highest BCUT2D eigenvalue weighted by Crippen LogP contribution is 2.53. The normalized spacial score (nSPS) is 41.1. The summed E-state index contributed by atoms with van der Waals surface area (Å²) in [6.07, 6.45) is 20.9. The van der Waals surface area contributed by atoms with Crippen molar-refractivity contribution < 1.29 is 49.4 Å². The van der Waals surface area contributed by atoms with Gasteiger partial charge in [0.1, 0.15) is 0 Å². The zero-order chi connectivity index (χ0) is 37.5. The predicted octanol–water partition coefficient (Wildman–Crippen LogP) is 10.2. The van der Waals surface area contributed by atoms with Crippen LogP contribution in [0.5, 0.6) is 0 Å². The Labute approximate surface area is 324 Å². The van der Waals surface area contributed by atoms with Crippen molar-refractivity contribution in [1.82, 2.24) is 0 Å². The van der Waals surface area contributed by atoms with E-state index in [0.29, 0.717) is 48.4 Å². The fraction of sp³-hybridized carbons (Fsp3) is 1.00. The topological polar surface area (TPSA) is 111 Å². The highest BCUT2D eigenvalue weighted by Gasteiger charge is 2.81. The molecule has 0 amide bonds. The second-order valence-corrected chi connectivity index (χ2v) is 41.4. The molecule has 20 heteroatoms. The van der Waals surface area contributed by atoms with Crippen molar-refractivity contribution in [2.24, 2.45) is 0 Å². The first kappa shape index (κ1) is 44.4. The maximum absolute atomic E-state index is 7.38. The third kappa shape index (κ3) is 10.1. The van der Waals surface area contributed by atoms with Gasteiger partial charge >= 0.3 is 70.4 Å². The molecule has 6 fully saturated rings. The molecule has 0 aromatic heterocycles. The van der Waals surface area contributed by atoms with Crippen LogP contribution in [0.1, 0.15) is 158 Å². The Morgan fingerprint density at radius 1 is 0.212 bits per heavy atom. The van der Waals surface area contributed by atoms with Gasteiger partial charge in [0.15, 0.2) is 0 Å². The molecule has 0 spiro atoms. The summed E-state index contributed by atoms with van der Waals surface area (Å²) in [5, 5.41) is 0. The lowest BCUT2D eigenvalue weighted by molar-refractivity contribution is -0.0289. The van der Waals surface area contributed by atoms with Gasteiger partial charge in [-0.1, -0.05) is 152 Å². The number of hydrogen-bond acceptors (Lipinski definition) is 12. The molecule has 6 saturated heterocycles. The molecular formula is C32H72O12Si8. The summed E-state index contributed by atoms with van der Waals surface area (Å²) in [4.78, 5) is 0. The van der Waals surface area contributed by atoms with Gasteiger partial charge in [0.25, 0.3) is 0 Å². The van der Waals surface area contributed by atoms with Crippen LogP contribution in [0.4, 0.5) is 0 Å². The van der Waals surface area contributed by atoms with E-state index in [1.165, 1.54) is 89.9 Å². The van der Waals surface area contributed by atoms with Gasteiger partial charge in [0.05, 0.1) is 0 Å². The molecule has 8 bridgehead atoms. The van der Waals surface area contributed by atoms with Gasteiger partial charge in [-0.3, -0.25) is 0 Å². The van der Waals surface area contributed by atoms with Crippen LogP contribution < -0.4 is 0 Å². The van der Waals surface area contributed by atoms with Crippen molar-refractivity contribution in [3.63, 3.8) is 0 Å². The lowest BCUT2D eigenvalue weighted by Crippen LogP contribution is -2.88. The first-order valence-electron chi connectivity index (χ1n) is 21.4. The van der Waals surface area contributed by atoms with Crippen molar-refractivity contribution in [1.29, 1.82) is 0 Å². The largest absolute Gasteiger partial charge is 0.478 e. The van der Waals surface area contributed by atoms with Gasteiger partial charge in [-0.15, -0.1) is 0 Å². The van der Waals surface area contributed by atoms with E-state index in [2.05, 4.69) is 6.92 Å². The molecule has 0 aromatic rings. The average molecular weight is 874 g/mol. The molecule has 6 heterocycles. The molecule has 0 saturated carbocycles. The molecule has 52 heavy (non-hydrogen) atoms. The monoisotopic (exact) mass is 872 g/mol. The molecule has 0 aromatic carbocycles. The van der Waals surface area contributed by atoms with Crippen LogP contribution >= 0.6 is 0 Å². The molecule has 304 valence electrons. The summed E-state index contributed by atoms with van der Waals surface area (Å²) in [5.74, 6) is 0. The van der Waals surface area contributed by atoms with Crippen LogP contribution in [0.25, 0.3) is 0 Å². The predicted molar refractivity (Wildman–Crippen MR) is 217 cm³/mol. The van der Waals surface area contributed by atoms with E-state index >= 15 is 0 Å². The van der Waals surface area contributed by atoms with Crippen molar-refractivity contribution in [2.75, 3.05) is 0 Å². The Hall–Kier alpha value is 1.26. The second-order valence-electron chi connectivity index (χ2n) is 15.2. The van der Waals surface area contributed by atoms with E-state index in [9.17, 15) is 0 Å². The SMILES string of the molecule is CCCCCCCCCCCCCCCCCC[Si]12O[Si]3(CC)O[Si]4(CC)O[Si]5(CC)O[Si](CC)(O3)O[Si](CC)(O[Si](CC)(O5)O[Si](CC)(O4)O1)O2. The van der Waals surface area contributed by atoms with Crippen molar-refractivity contribution in [2.45, 2.75) is 206 Å². The Bertz CT molecular complexity index is 1010. The molecule has 0 radical (unpaired) electrons. The van der Waals surface area contributed by atoms with E-state index < -0.39 is 70.4 Å². The van der Waals surface area contributed by atoms with Gasteiger partial charge in [-0.05, 0) is 6.42 Å². The van der Waals surface area contributed by atoms with E-state index in [0.717, 1.165) is 12.8 Å². The third-order valence-corrected chi connectivity index (χ3v) is 48.0. The Balaban J connectivity index is 1.31. The van der Waals surface area contributed by atoms with Gasteiger partial charge in [0, 0.05) is 48.4 Å². The zero-order valence-electron chi connectivity index (χ0n) is 33.9. The molecule has 0 aliphatic carbocycles. The highest BCUT2D eigenvalue weighted by molar-refractivity contribution is 7.03. The summed E-state index contributed by atoms with van der Waals surface area (Å²) < 4.78 is 87.1. The van der Waals surface area contributed by atoms with Crippen molar-refractivity contribution in [3.8, 4) is 0 Å². The fourth-order valence-corrected chi connectivity index (χ4v) is 57.7. The second kappa shape index (κ2) is 18.9. The Morgan fingerprint density at radius 3 is 0.577 bits per heavy atom. The van der Waals surface area contributed by atoms with Crippen LogP contribution in [-0.4, -0.2) is 70.4 Å². The fourth-order valence-electron chi connectivity index (χ4n) is 7.90. The van der Waals surface area contributed by atoms with Gasteiger partial charge in [-0.25, -0.2) is 0 Å².